The summed E-state index contributed by atoms with van der Waals surface area (Å²) in [5.41, 5.74) is 0.384. The van der Waals surface area contributed by atoms with E-state index in [0.717, 1.165) is 6.42 Å². The fraction of sp³-hybridized carbons (Fsp3) is 0.250. The maximum atomic E-state index is 12.6. The third-order valence-electron chi connectivity index (χ3n) is 4.31. The first-order chi connectivity index (χ1) is 12.9. The molecule has 1 unspecified atom stereocenters. The van der Waals surface area contributed by atoms with Gasteiger partial charge in [0.2, 0.25) is 0 Å². The molecule has 1 saturated heterocycles. The molecular formula is C20H21N3O4. The zero-order chi connectivity index (χ0) is 19.4. The Bertz CT molecular complexity index is 896. The van der Waals surface area contributed by atoms with Crippen molar-refractivity contribution in [1.82, 2.24) is 10.6 Å². The van der Waals surface area contributed by atoms with Crippen molar-refractivity contribution in [3.8, 4) is 5.75 Å². The van der Waals surface area contributed by atoms with Crippen molar-refractivity contribution in [3.63, 3.8) is 0 Å². The number of nitrogens with one attached hydrogen (secondary N) is 3. The van der Waals surface area contributed by atoms with Crippen LogP contribution in [0, 0.1) is 0 Å². The minimum Gasteiger partial charge on any atom is -0.494 e. The molecule has 7 heteroatoms. The lowest BCUT2D eigenvalue weighted by Crippen LogP contribution is -2.40. The van der Waals surface area contributed by atoms with Crippen molar-refractivity contribution in [3.05, 3.63) is 59.7 Å². The third-order valence-corrected chi connectivity index (χ3v) is 4.31. The number of anilines is 1. The highest BCUT2D eigenvalue weighted by Crippen LogP contribution is 2.26. The molecule has 1 heterocycles. The average molecular weight is 367 g/mol. The van der Waals surface area contributed by atoms with E-state index in [-0.39, 0.29) is 5.91 Å². The Morgan fingerprint density at radius 1 is 1.15 bits per heavy atom. The van der Waals surface area contributed by atoms with Crippen molar-refractivity contribution in [2.45, 2.75) is 25.8 Å². The van der Waals surface area contributed by atoms with Crippen LogP contribution in [0.3, 0.4) is 0 Å². The number of imide groups is 1. The minimum atomic E-state index is -1.17. The van der Waals surface area contributed by atoms with E-state index in [9.17, 15) is 14.4 Å². The molecule has 1 aliphatic rings. The number of carbonyl (C=O) groups excluding carboxylic acids is 3. The highest BCUT2D eigenvalue weighted by atomic mass is 16.5. The van der Waals surface area contributed by atoms with Gasteiger partial charge in [0, 0.05) is 11.3 Å². The number of amides is 4. The van der Waals surface area contributed by atoms with Gasteiger partial charge in [0.25, 0.3) is 11.8 Å². The molecule has 140 valence electrons. The van der Waals surface area contributed by atoms with E-state index >= 15 is 0 Å². The van der Waals surface area contributed by atoms with Crippen LogP contribution < -0.4 is 20.7 Å². The van der Waals surface area contributed by atoms with Crippen molar-refractivity contribution >= 4 is 23.5 Å². The molecule has 4 amide bonds. The second kappa shape index (κ2) is 7.49. The average Bonchev–Trinajstić information content (AvgIpc) is 2.93. The molecule has 2 aromatic rings. The van der Waals surface area contributed by atoms with Crippen LogP contribution in [0.5, 0.6) is 5.75 Å². The second-order valence-corrected chi connectivity index (χ2v) is 6.44. The highest BCUT2D eigenvalue weighted by molar-refractivity contribution is 6.07. The molecule has 0 bridgehead atoms. The van der Waals surface area contributed by atoms with Gasteiger partial charge in [-0.15, -0.1) is 0 Å². The van der Waals surface area contributed by atoms with E-state index in [2.05, 4.69) is 16.0 Å². The van der Waals surface area contributed by atoms with Gasteiger partial charge in [-0.2, -0.15) is 0 Å². The van der Waals surface area contributed by atoms with Crippen LogP contribution in [-0.2, 0) is 10.3 Å². The Morgan fingerprint density at radius 3 is 2.63 bits per heavy atom. The number of urea groups is 1. The van der Waals surface area contributed by atoms with Gasteiger partial charge in [-0.25, -0.2) is 4.79 Å². The van der Waals surface area contributed by atoms with Gasteiger partial charge in [-0.05, 0) is 49.2 Å². The lowest BCUT2D eigenvalue weighted by molar-refractivity contribution is -0.123. The van der Waals surface area contributed by atoms with Gasteiger partial charge in [0.15, 0.2) is 0 Å². The first-order valence-corrected chi connectivity index (χ1v) is 8.71. The first-order valence-electron chi connectivity index (χ1n) is 8.71. The van der Waals surface area contributed by atoms with Gasteiger partial charge in [-0.1, -0.05) is 25.1 Å². The summed E-state index contributed by atoms with van der Waals surface area (Å²) in [6, 6.07) is 13.2. The standard InChI is InChI=1S/C20H21N3O4/c1-3-10-27-16-9-4-6-13(11-16)17(24)21-15-8-5-7-14(12-15)20(2)18(25)22-19(26)23-20/h4-9,11-12H,3,10H2,1-2H3,(H,21,24)(H2,22,23,25,26). The van der Waals surface area contributed by atoms with E-state index in [4.69, 9.17) is 4.74 Å². The van der Waals surface area contributed by atoms with Crippen LogP contribution >= 0.6 is 0 Å². The van der Waals surface area contributed by atoms with Gasteiger partial charge in [0.1, 0.15) is 11.3 Å². The van der Waals surface area contributed by atoms with Gasteiger partial charge < -0.3 is 15.4 Å². The quantitative estimate of drug-likeness (QED) is 0.684. The Morgan fingerprint density at radius 2 is 1.93 bits per heavy atom. The minimum absolute atomic E-state index is 0.292. The highest BCUT2D eigenvalue weighted by Gasteiger charge is 2.43. The summed E-state index contributed by atoms with van der Waals surface area (Å²) in [7, 11) is 0. The molecule has 3 rings (SSSR count). The summed E-state index contributed by atoms with van der Waals surface area (Å²) in [5, 5.41) is 7.64. The van der Waals surface area contributed by atoms with Crippen LogP contribution in [0.15, 0.2) is 48.5 Å². The zero-order valence-electron chi connectivity index (χ0n) is 15.2. The molecule has 7 nitrogen and oxygen atoms in total. The largest absolute Gasteiger partial charge is 0.494 e. The number of carbonyl (C=O) groups is 3. The summed E-state index contributed by atoms with van der Waals surface area (Å²) >= 11 is 0. The maximum Gasteiger partial charge on any atom is 0.322 e. The summed E-state index contributed by atoms with van der Waals surface area (Å²) in [5.74, 6) is -0.0907. The van der Waals surface area contributed by atoms with Crippen molar-refractivity contribution in [2.24, 2.45) is 0 Å². The normalized spacial score (nSPS) is 18.6. The van der Waals surface area contributed by atoms with Gasteiger partial charge >= 0.3 is 6.03 Å². The predicted octanol–water partition coefficient (Wildman–Crippen LogP) is 2.78. The van der Waals surface area contributed by atoms with Crippen LogP contribution in [0.2, 0.25) is 0 Å². The van der Waals surface area contributed by atoms with E-state index in [1.165, 1.54) is 0 Å². The summed E-state index contributed by atoms with van der Waals surface area (Å²) in [6.45, 7) is 4.21. The van der Waals surface area contributed by atoms with Crippen molar-refractivity contribution in [1.29, 1.82) is 0 Å². The Hall–Kier alpha value is -3.35. The number of benzene rings is 2. The molecule has 3 N–H and O–H groups in total. The lowest BCUT2D eigenvalue weighted by atomic mass is 9.92. The molecule has 0 saturated carbocycles. The van der Waals surface area contributed by atoms with Crippen LogP contribution in [0.1, 0.15) is 36.2 Å². The number of hydrogen-bond acceptors (Lipinski definition) is 4. The number of hydrogen-bond donors (Lipinski definition) is 3. The lowest BCUT2D eigenvalue weighted by Gasteiger charge is -2.21. The first kappa shape index (κ1) is 18.4. The molecule has 2 aromatic carbocycles. The molecule has 1 aliphatic heterocycles. The second-order valence-electron chi connectivity index (χ2n) is 6.44. The van der Waals surface area contributed by atoms with E-state index in [0.29, 0.717) is 29.2 Å². The molecule has 0 aromatic heterocycles. The number of ether oxygens (including phenoxy) is 1. The van der Waals surface area contributed by atoms with E-state index < -0.39 is 17.5 Å². The molecular weight excluding hydrogens is 346 g/mol. The van der Waals surface area contributed by atoms with Gasteiger partial charge in [0.05, 0.1) is 6.61 Å². The van der Waals surface area contributed by atoms with Crippen LogP contribution in [0.25, 0.3) is 0 Å². The van der Waals surface area contributed by atoms with Gasteiger partial charge in [-0.3, -0.25) is 14.9 Å². The summed E-state index contributed by atoms with van der Waals surface area (Å²) in [6.07, 6.45) is 0.881. The zero-order valence-corrected chi connectivity index (χ0v) is 15.2. The fourth-order valence-corrected chi connectivity index (χ4v) is 2.80. The van der Waals surface area contributed by atoms with Crippen molar-refractivity contribution < 1.29 is 19.1 Å². The molecule has 27 heavy (non-hydrogen) atoms. The molecule has 1 atom stereocenters. The fourth-order valence-electron chi connectivity index (χ4n) is 2.80. The topological polar surface area (TPSA) is 96.5 Å². The smallest absolute Gasteiger partial charge is 0.322 e. The molecule has 1 fully saturated rings. The Balaban J connectivity index is 1.78. The third kappa shape index (κ3) is 3.92. The molecule has 0 aliphatic carbocycles. The van der Waals surface area contributed by atoms with E-state index in [1.807, 2.05) is 6.92 Å². The maximum absolute atomic E-state index is 12.6. The van der Waals surface area contributed by atoms with E-state index in [1.54, 1.807) is 55.5 Å². The Kier molecular flexibility index (Phi) is 5.12. The summed E-state index contributed by atoms with van der Waals surface area (Å²) < 4.78 is 5.55. The summed E-state index contributed by atoms with van der Waals surface area (Å²) in [4.78, 5) is 36.1. The number of rotatable bonds is 6. The van der Waals surface area contributed by atoms with Crippen LogP contribution in [0.4, 0.5) is 10.5 Å². The predicted molar refractivity (Wildman–Crippen MR) is 101 cm³/mol. The monoisotopic (exact) mass is 367 g/mol. The Labute approximate surface area is 157 Å². The SMILES string of the molecule is CCCOc1cccc(C(=O)Nc2cccc(C3(C)NC(=O)NC3=O)c2)c1. The molecule has 0 radical (unpaired) electrons. The molecule has 0 spiro atoms. The van der Waals surface area contributed by atoms with Crippen LogP contribution in [-0.4, -0.2) is 24.5 Å². The van der Waals surface area contributed by atoms with Crippen molar-refractivity contribution in [2.75, 3.05) is 11.9 Å².